The van der Waals surface area contributed by atoms with Crippen LogP contribution in [0, 0.1) is 17.2 Å². The molecule has 4 unspecified atom stereocenters. The second-order valence-electron chi connectivity index (χ2n) is 7.04. The molecule has 0 aliphatic carbocycles. The summed E-state index contributed by atoms with van der Waals surface area (Å²) in [5.74, 6) is 0.983. The Labute approximate surface area is 176 Å². The topological polar surface area (TPSA) is 102 Å². The molecule has 2 aromatic rings. The normalized spacial score (nSPS) is 27.3. The molecule has 1 saturated heterocycles. The van der Waals surface area contributed by atoms with Crippen LogP contribution in [0.3, 0.4) is 0 Å². The number of nitrogens with zero attached hydrogens (tertiary/aromatic N) is 1. The number of benzene rings is 2. The first kappa shape index (κ1) is 18.4. The summed E-state index contributed by atoms with van der Waals surface area (Å²) in [6.45, 7) is 0.202. The minimum absolute atomic E-state index is 0.102. The summed E-state index contributed by atoms with van der Waals surface area (Å²) in [6, 6.07) is 13.2. The minimum Gasteiger partial charge on any atom is -0.458 e. The van der Waals surface area contributed by atoms with Crippen LogP contribution in [0.2, 0.25) is 10.0 Å². The molecule has 5 rings (SSSR count). The Bertz CT molecular complexity index is 1070. The van der Waals surface area contributed by atoms with Crippen molar-refractivity contribution in [2.45, 2.75) is 18.2 Å². The second-order valence-corrected chi connectivity index (χ2v) is 7.85. The summed E-state index contributed by atoms with van der Waals surface area (Å²) in [5.41, 5.74) is 14.7. The quantitative estimate of drug-likeness (QED) is 0.671. The van der Waals surface area contributed by atoms with Crippen molar-refractivity contribution in [3.05, 3.63) is 69.0 Å². The summed E-state index contributed by atoms with van der Waals surface area (Å²) in [6.07, 6.45) is -0.429. The number of allylic oxidation sites excluding steroid dienone is 1. The molecule has 0 amide bonds. The van der Waals surface area contributed by atoms with Gasteiger partial charge in [0.05, 0.1) is 21.7 Å². The molecular formula is C20H16Cl2N4O3. The number of nitriles is 1. The lowest BCUT2D eigenvalue weighted by molar-refractivity contribution is 0.0340. The molecule has 3 aliphatic rings. The number of halogens is 2. The fourth-order valence-electron chi connectivity index (χ4n) is 4.19. The highest BCUT2D eigenvalue weighted by Crippen LogP contribution is 2.49. The minimum atomic E-state index is -0.429. The van der Waals surface area contributed by atoms with Gasteiger partial charge in [-0.25, -0.2) is 10.9 Å². The number of rotatable bonds is 2. The third-order valence-electron chi connectivity index (χ3n) is 5.51. The van der Waals surface area contributed by atoms with E-state index < -0.39 is 6.23 Å². The smallest absolute Gasteiger partial charge is 0.231 e. The first-order chi connectivity index (χ1) is 14.1. The molecule has 148 valence electrons. The molecule has 3 heterocycles. The van der Waals surface area contributed by atoms with Gasteiger partial charge < -0.3 is 19.9 Å². The maximum atomic E-state index is 9.82. The fourth-order valence-corrected chi connectivity index (χ4v) is 4.50. The van der Waals surface area contributed by atoms with Crippen molar-refractivity contribution in [2.75, 3.05) is 6.79 Å². The fraction of sp³-hybridized carbons (Fsp3) is 0.250. The zero-order valence-corrected chi connectivity index (χ0v) is 16.5. The van der Waals surface area contributed by atoms with Crippen molar-refractivity contribution in [1.82, 2.24) is 10.9 Å². The Balaban J connectivity index is 1.60. The molecule has 7 nitrogen and oxygen atoms in total. The predicted molar refractivity (Wildman–Crippen MR) is 106 cm³/mol. The Morgan fingerprint density at radius 3 is 2.59 bits per heavy atom. The van der Waals surface area contributed by atoms with Crippen molar-refractivity contribution in [3.63, 3.8) is 0 Å². The van der Waals surface area contributed by atoms with E-state index in [9.17, 15) is 5.26 Å². The van der Waals surface area contributed by atoms with Crippen molar-refractivity contribution in [1.29, 1.82) is 5.26 Å². The van der Waals surface area contributed by atoms with E-state index in [0.29, 0.717) is 27.1 Å². The van der Waals surface area contributed by atoms with Crippen LogP contribution in [0.1, 0.15) is 23.1 Å². The molecule has 3 aliphatic heterocycles. The van der Waals surface area contributed by atoms with E-state index in [1.54, 1.807) is 12.1 Å². The molecule has 9 heteroatoms. The molecule has 0 bridgehead atoms. The first-order valence-corrected chi connectivity index (χ1v) is 9.74. The molecule has 0 saturated carbocycles. The SMILES string of the molecule is N#CC1=C(N)OC2NNC(c3ccc4c(c3)OCO4)C2C1c1ccc(Cl)c(Cl)c1. The van der Waals surface area contributed by atoms with Crippen LogP contribution in [0.4, 0.5) is 0 Å². The Morgan fingerprint density at radius 2 is 1.79 bits per heavy atom. The molecule has 0 spiro atoms. The summed E-state index contributed by atoms with van der Waals surface area (Å²) in [4.78, 5) is 0. The lowest BCUT2D eigenvalue weighted by Gasteiger charge is -2.36. The number of ether oxygens (including phenoxy) is 3. The van der Waals surface area contributed by atoms with Gasteiger partial charge in [-0.3, -0.25) is 0 Å². The Morgan fingerprint density at radius 1 is 1.00 bits per heavy atom. The molecule has 1 fully saturated rings. The Hall–Kier alpha value is -2.63. The van der Waals surface area contributed by atoms with Gasteiger partial charge in [-0.05, 0) is 35.4 Å². The van der Waals surface area contributed by atoms with Gasteiger partial charge in [0.15, 0.2) is 17.7 Å². The van der Waals surface area contributed by atoms with Gasteiger partial charge in [0.2, 0.25) is 12.7 Å². The zero-order valence-electron chi connectivity index (χ0n) is 15.0. The van der Waals surface area contributed by atoms with Crippen molar-refractivity contribution in [3.8, 4) is 17.6 Å². The molecule has 4 atom stereocenters. The number of hydrogen-bond acceptors (Lipinski definition) is 7. The van der Waals surface area contributed by atoms with Crippen LogP contribution in [0.25, 0.3) is 0 Å². The maximum Gasteiger partial charge on any atom is 0.231 e. The van der Waals surface area contributed by atoms with Gasteiger partial charge in [0.25, 0.3) is 0 Å². The van der Waals surface area contributed by atoms with E-state index in [0.717, 1.165) is 11.1 Å². The van der Waals surface area contributed by atoms with Crippen LogP contribution in [0.5, 0.6) is 11.5 Å². The standard InChI is InChI=1S/C20H16Cl2N4O3/c21-12-3-1-9(5-13(12)22)16-11(7-23)19(24)29-20-17(16)18(25-26-20)10-2-4-14-15(6-10)28-8-27-14/h1-6,16-18,20,25-26H,8,24H2. The van der Waals surface area contributed by atoms with E-state index in [1.165, 1.54) is 0 Å². The van der Waals surface area contributed by atoms with Crippen molar-refractivity contribution in [2.24, 2.45) is 11.7 Å². The maximum absolute atomic E-state index is 9.82. The average Bonchev–Trinajstić information content (AvgIpc) is 3.35. The predicted octanol–water partition coefficient (Wildman–Crippen LogP) is 3.32. The van der Waals surface area contributed by atoms with Gasteiger partial charge in [0.1, 0.15) is 6.07 Å². The highest BCUT2D eigenvalue weighted by molar-refractivity contribution is 6.42. The van der Waals surface area contributed by atoms with E-state index in [-0.39, 0.29) is 30.6 Å². The zero-order chi connectivity index (χ0) is 20.1. The lowest BCUT2D eigenvalue weighted by atomic mass is 9.74. The van der Waals surface area contributed by atoms with Crippen LogP contribution in [-0.2, 0) is 4.74 Å². The van der Waals surface area contributed by atoms with Crippen LogP contribution in [-0.4, -0.2) is 13.0 Å². The van der Waals surface area contributed by atoms with Gasteiger partial charge in [0, 0.05) is 11.8 Å². The van der Waals surface area contributed by atoms with Gasteiger partial charge in [-0.2, -0.15) is 5.26 Å². The molecular weight excluding hydrogens is 415 g/mol. The average molecular weight is 431 g/mol. The Kier molecular flexibility index (Phi) is 4.45. The van der Waals surface area contributed by atoms with Crippen LogP contribution >= 0.6 is 23.2 Å². The lowest BCUT2D eigenvalue weighted by Crippen LogP contribution is -2.41. The number of fused-ring (bicyclic) bond motifs is 2. The third-order valence-corrected chi connectivity index (χ3v) is 6.25. The summed E-state index contributed by atoms with van der Waals surface area (Å²) >= 11 is 12.4. The molecule has 2 aromatic carbocycles. The monoisotopic (exact) mass is 430 g/mol. The highest BCUT2D eigenvalue weighted by atomic mass is 35.5. The number of nitrogens with two attached hydrogens (primary N) is 1. The van der Waals surface area contributed by atoms with Gasteiger partial charge in [-0.1, -0.05) is 35.3 Å². The highest BCUT2D eigenvalue weighted by Gasteiger charge is 2.49. The van der Waals surface area contributed by atoms with E-state index in [1.807, 2.05) is 24.3 Å². The van der Waals surface area contributed by atoms with Crippen LogP contribution < -0.4 is 26.1 Å². The molecule has 0 radical (unpaired) electrons. The summed E-state index contributed by atoms with van der Waals surface area (Å²) < 4.78 is 16.7. The van der Waals surface area contributed by atoms with Crippen molar-refractivity contribution >= 4 is 23.2 Å². The van der Waals surface area contributed by atoms with Gasteiger partial charge >= 0.3 is 0 Å². The largest absolute Gasteiger partial charge is 0.458 e. The molecule has 4 N–H and O–H groups in total. The summed E-state index contributed by atoms with van der Waals surface area (Å²) in [7, 11) is 0. The van der Waals surface area contributed by atoms with E-state index >= 15 is 0 Å². The number of hydrogen-bond donors (Lipinski definition) is 3. The number of nitrogens with one attached hydrogen (secondary N) is 2. The van der Waals surface area contributed by atoms with Crippen molar-refractivity contribution < 1.29 is 14.2 Å². The summed E-state index contributed by atoms with van der Waals surface area (Å²) in [5, 5.41) is 10.7. The molecule has 0 aromatic heterocycles. The van der Waals surface area contributed by atoms with E-state index in [2.05, 4.69) is 16.9 Å². The van der Waals surface area contributed by atoms with E-state index in [4.69, 9.17) is 43.1 Å². The third kappa shape index (κ3) is 2.96. The second kappa shape index (κ2) is 7.01. The first-order valence-electron chi connectivity index (χ1n) is 8.99. The van der Waals surface area contributed by atoms with Gasteiger partial charge in [-0.15, -0.1) is 0 Å². The molecule has 29 heavy (non-hydrogen) atoms. The van der Waals surface area contributed by atoms with Crippen LogP contribution in [0.15, 0.2) is 47.9 Å². The number of hydrazine groups is 1.